The first-order valence-electron chi connectivity index (χ1n) is 8.16. The zero-order chi connectivity index (χ0) is 16.1. The van der Waals surface area contributed by atoms with E-state index in [0.717, 1.165) is 18.4 Å². The number of rotatable bonds is 5. The fourth-order valence-corrected chi connectivity index (χ4v) is 3.21. The highest BCUT2D eigenvalue weighted by atomic mass is 16.5. The van der Waals surface area contributed by atoms with Crippen molar-refractivity contribution in [3.05, 3.63) is 48.0 Å². The van der Waals surface area contributed by atoms with Gasteiger partial charge in [-0.3, -0.25) is 4.79 Å². The predicted molar refractivity (Wildman–Crippen MR) is 86.0 cm³/mol. The fraction of sp³-hybridized carbons (Fsp3) is 0.444. The molecule has 2 aromatic rings. The highest BCUT2D eigenvalue weighted by molar-refractivity contribution is 5.73. The average Bonchev–Trinajstić information content (AvgIpc) is 3.09. The summed E-state index contributed by atoms with van der Waals surface area (Å²) in [4.78, 5) is 15.9. The number of para-hydroxylation sites is 1. The van der Waals surface area contributed by atoms with Gasteiger partial charge in [-0.15, -0.1) is 0 Å². The summed E-state index contributed by atoms with van der Waals surface area (Å²) in [6.45, 7) is 0.141. The van der Waals surface area contributed by atoms with Crippen LogP contribution in [-0.4, -0.2) is 20.6 Å². The normalized spacial score (nSPS) is 15.5. The molecule has 0 bridgehead atoms. The zero-order valence-electron chi connectivity index (χ0n) is 13.1. The molecule has 1 aliphatic rings. The van der Waals surface area contributed by atoms with Crippen LogP contribution in [0.25, 0.3) is 0 Å². The Hall–Kier alpha value is -2.30. The number of nitrogens with zero attached hydrogens (tertiary/aromatic N) is 2. The minimum Gasteiger partial charge on any atom is -0.507 e. The second-order valence-electron chi connectivity index (χ2n) is 6.09. The minimum absolute atomic E-state index is 0.0844. The molecule has 1 aromatic heterocycles. The first-order chi connectivity index (χ1) is 11.2. The topological polar surface area (TPSA) is 64.3 Å². The van der Waals surface area contributed by atoms with Gasteiger partial charge in [0.2, 0.25) is 0 Å². The first-order valence-corrected chi connectivity index (χ1v) is 8.16. The number of carbonyl (C=O) groups excluding carboxylic acids is 1. The molecule has 0 saturated heterocycles. The molecule has 1 heterocycles. The van der Waals surface area contributed by atoms with Gasteiger partial charge in [-0.1, -0.05) is 37.5 Å². The number of imidazole rings is 1. The molecular weight excluding hydrogens is 292 g/mol. The number of carbonyl (C=O) groups is 1. The lowest BCUT2D eigenvalue weighted by molar-refractivity contribution is -0.146. The number of aromatic nitrogens is 2. The van der Waals surface area contributed by atoms with Crippen LogP contribution in [0.15, 0.2) is 36.9 Å². The molecule has 1 N–H and O–H groups in total. The van der Waals surface area contributed by atoms with Gasteiger partial charge in [0.1, 0.15) is 5.75 Å². The molecule has 1 aromatic carbocycles. The van der Waals surface area contributed by atoms with E-state index in [9.17, 15) is 9.90 Å². The number of hydrogen-bond donors (Lipinski definition) is 1. The third-order valence-corrected chi connectivity index (χ3v) is 4.46. The Labute approximate surface area is 135 Å². The van der Waals surface area contributed by atoms with Gasteiger partial charge >= 0.3 is 5.97 Å². The molecule has 5 heteroatoms. The number of phenolic OH excluding ortho intramolecular Hbond substituents is 1. The molecule has 0 radical (unpaired) electrons. The van der Waals surface area contributed by atoms with Crippen LogP contribution in [0.4, 0.5) is 0 Å². The highest BCUT2D eigenvalue weighted by Crippen LogP contribution is 2.38. The molecule has 0 unspecified atom stereocenters. The van der Waals surface area contributed by atoms with Crippen LogP contribution in [0.1, 0.15) is 49.1 Å². The lowest BCUT2D eigenvalue weighted by Gasteiger charge is -2.23. The summed E-state index contributed by atoms with van der Waals surface area (Å²) in [7, 11) is 0. The molecule has 5 nitrogen and oxygen atoms in total. The molecule has 1 fully saturated rings. The van der Waals surface area contributed by atoms with Crippen molar-refractivity contribution in [3.8, 4) is 5.75 Å². The molecule has 0 spiro atoms. The first kappa shape index (κ1) is 15.6. The van der Waals surface area contributed by atoms with Crippen molar-refractivity contribution in [2.24, 2.45) is 0 Å². The van der Waals surface area contributed by atoms with E-state index in [1.807, 2.05) is 12.1 Å². The quantitative estimate of drug-likeness (QED) is 0.859. The second kappa shape index (κ2) is 7.31. The fourth-order valence-electron chi connectivity index (χ4n) is 3.21. The number of ether oxygens (including phenoxy) is 1. The maximum Gasteiger partial charge on any atom is 0.312 e. The van der Waals surface area contributed by atoms with Gasteiger partial charge in [0, 0.05) is 18.0 Å². The standard InChI is InChI=1S/C18H22N2O3/c21-17(23-13-20-10-9-19-12-20)11-15-7-4-8-16(18(15)22)14-5-2-1-3-6-14/h4,7-10,12,14,22H,1-3,5-6,11,13H2. The van der Waals surface area contributed by atoms with E-state index in [1.165, 1.54) is 19.3 Å². The van der Waals surface area contributed by atoms with Crippen molar-refractivity contribution >= 4 is 5.97 Å². The van der Waals surface area contributed by atoms with Gasteiger partial charge in [0.25, 0.3) is 0 Å². The summed E-state index contributed by atoms with van der Waals surface area (Å²) in [6.07, 6.45) is 11.0. The van der Waals surface area contributed by atoms with E-state index in [0.29, 0.717) is 11.5 Å². The smallest absolute Gasteiger partial charge is 0.312 e. The van der Waals surface area contributed by atoms with Gasteiger partial charge in [-0.05, 0) is 24.3 Å². The highest BCUT2D eigenvalue weighted by Gasteiger charge is 2.20. The molecule has 0 amide bonds. The number of aromatic hydroxyl groups is 1. The van der Waals surface area contributed by atoms with Crippen LogP contribution in [0.3, 0.4) is 0 Å². The Bertz CT molecular complexity index is 646. The van der Waals surface area contributed by atoms with Crippen molar-refractivity contribution in [3.63, 3.8) is 0 Å². The van der Waals surface area contributed by atoms with Gasteiger partial charge in [-0.2, -0.15) is 0 Å². The summed E-state index contributed by atoms with van der Waals surface area (Å²) in [5.41, 5.74) is 1.62. The van der Waals surface area contributed by atoms with Gasteiger partial charge in [0.05, 0.1) is 12.7 Å². The SMILES string of the molecule is O=C(Cc1cccc(C2CCCCC2)c1O)OCn1ccnc1. The van der Waals surface area contributed by atoms with Crippen molar-refractivity contribution in [2.45, 2.75) is 51.2 Å². The summed E-state index contributed by atoms with van der Waals surface area (Å²) in [6, 6.07) is 5.69. The maximum atomic E-state index is 12.0. The third-order valence-electron chi connectivity index (χ3n) is 4.46. The lowest BCUT2D eigenvalue weighted by atomic mass is 9.83. The third kappa shape index (κ3) is 3.92. The van der Waals surface area contributed by atoms with Gasteiger partial charge < -0.3 is 14.4 Å². The molecule has 23 heavy (non-hydrogen) atoms. The van der Waals surface area contributed by atoms with Gasteiger partial charge in [0.15, 0.2) is 6.73 Å². The van der Waals surface area contributed by atoms with Crippen LogP contribution in [0.2, 0.25) is 0 Å². The second-order valence-corrected chi connectivity index (χ2v) is 6.09. The Balaban J connectivity index is 1.64. The zero-order valence-corrected chi connectivity index (χ0v) is 13.1. The Morgan fingerprint density at radius 1 is 1.30 bits per heavy atom. The van der Waals surface area contributed by atoms with Crippen LogP contribution >= 0.6 is 0 Å². The molecule has 1 saturated carbocycles. The predicted octanol–water partition coefficient (Wildman–Crippen LogP) is 3.38. The molecule has 122 valence electrons. The van der Waals surface area contributed by atoms with E-state index in [1.54, 1.807) is 29.4 Å². The minimum atomic E-state index is -0.352. The number of benzene rings is 1. The van der Waals surface area contributed by atoms with E-state index in [4.69, 9.17) is 4.74 Å². The van der Waals surface area contributed by atoms with Gasteiger partial charge in [-0.25, -0.2) is 4.98 Å². The van der Waals surface area contributed by atoms with E-state index in [2.05, 4.69) is 4.98 Å². The largest absolute Gasteiger partial charge is 0.507 e. The van der Waals surface area contributed by atoms with Crippen LogP contribution in [0, 0.1) is 0 Å². The Morgan fingerprint density at radius 3 is 2.87 bits per heavy atom. The number of phenols is 1. The molecule has 0 atom stereocenters. The maximum absolute atomic E-state index is 12.0. The van der Waals surface area contributed by atoms with Crippen LogP contribution in [-0.2, 0) is 22.7 Å². The van der Waals surface area contributed by atoms with Crippen molar-refractivity contribution < 1.29 is 14.6 Å². The number of hydrogen-bond acceptors (Lipinski definition) is 4. The summed E-state index contributed by atoms with van der Waals surface area (Å²) in [5, 5.41) is 10.5. The lowest BCUT2D eigenvalue weighted by Crippen LogP contribution is -2.12. The Morgan fingerprint density at radius 2 is 2.13 bits per heavy atom. The molecule has 3 rings (SSSR count). The molecule has 1 aliphatic carbocycles. The van der Waals surface area contributed by atoms with E-state index in [-0.39, 0.29) is 24.9 Å². The monoisotopic (exact) mass is 314 g/mol. The van der Waals surface area contributed by atoms with Crippen LogP contribution < -0.4 is 0 Å². The van der Waals surface area contributed by atoms with Crippen LogP contribution in [0.5, 0.6) is 5.75 Å². The average molecular weight is 314 g/mol. The van der Waals surface area contributed by atoms with Crippen molar-refractivity contribution in [1.82, 2.24) is 9.55 Å². The summed E-state index contributed by atoms with van der Waals surface area (Å²) >= 11 is 0. The molecular formula is C18H22N2O3. The van der Waals surface area contributed by atoms with Crippen molar-refractivity contribution in [2.75, 3.05) is 0 Å². The molecule has 0 aliphatic heterocycles. The van der Waals surface area contributed by atoms with E-state index < -0.39 is 0 Å². The van der Waals surface area contributed by atoms with Crippen molar-refractivity contribution in [1.29, 1.82) is 0 Å². The summed E-state index contributed by atoms with van der Waals surface area (Å²) in [5.74, 6) is 0.319. The number of esters is 1. The Kier molecular flexibility index (Phi) is 4.95. The summed E-state index contributed by atoms with van der Waals surface area (Å²) < 4.78 is 6.88. The van der Waals surface area contributed by atoms with E-state index >= 15 is 0 Å².